The molecule has 0 spiro atoms. The summed E-state index contributed by atoms with van der Waals surface area (Å²) in [6.07, 6.45) is -0.430. The van der Waals surface area contributed by atoms with E-state index in [1.54, 1.807) is 25.3 Å². The highest BCUT2D eigenvalue weighted by atomic mass is 16.6. The predicted octanol–water partition coefficient (Wildman–Crippen LogP) is 3.72. The van der Waals surface area contributed by atoms with Crippen molar-refractivity contribution in [3.8, 4) is 23.0 Å². The van der Waals surface area contributed by atoms with Crippen LogP contribution in [0, 0.1) is 6.92 Å². The third-order valence-corrected chi connectivity index (χ3v) is 4.69. The molecule has 0 bridgehead atoms. The third kappa shape index (κ3) is 4.29. The number of methoxy groups -OCH3 is 2. The molecule has 0 aliphatic carbocycles. The molecule has 0 radical (unpaired) electrons. The van der Waals surface area contributed by atoms with Gasteiger partial charge in [-0.25, -0.2) is 0 Å². The number of rotatable bonds is 6. The third-order valence-electron chi connectivity index (χ3n) is 4.69. The number of benzene rings is 2. The van der Waals surface area contributed by atoms with Gasteiger partial charge in [0.1, 0.15) is 12.7 Å². The quantitative estimate of drug-likeness (QED) is 0.540. The maximum Gasteiger partial charge on any atom is 0.308 e. The van der Waals surface area contributed by atoms with Crippen LogP contribution in [0.2, 0.25) is 0 Å². The van der Waals surface area contributed by atoms with Crippen LogP contribution in [0.15, 0.2) is 30.3 Å². The number of carbonyl (C=O) groups excluding carboxylic acids is 2. The van der Waals surface area contributed by atoms with Crippen molar-refractivity contribution in [3.05, 3.63) is 47.0 Å². The summed E-state index contributed by atoms with van der Waals surface area (Å²) in [5.41, 5.74) is 2.72. The first-order valence-electron chi connectivity index (χ1n) is 9.19. The molecule has 2 aromatic rings. The Morgan fingerprint density at radius 2 is 1.69 bits per heavy atom. The number of carbonyl (C=O) groups is 2. The number of hydrogen-bond acceptors (Lipinski definition) is 7. The lowest BCUT2D eigenvalue weighted by Crippen LogP contribution is -2.17. The van der Waals surface area contributed by atoms with E-state index in [-0.39, 0.29) is 18.5 Å². The van der Waals surface area contributed by atoms with Crippen molar-refractivity contribution in [1.29, 1.82) is 0 Å². The van der Waals surface area contributed by atoms with Crippen molar-refractivity contribution in [2.24, 2.45) is 0 Å². The maximum absolute atomic E-state index is 11.4. The first kappa shape index (κ1) is 20.5. The average molecular weight is 400 g/mol. The highest BCUT2D eigenvalue weighted by molar-refractivity contribution is 5.70. The molecule has 0 N–H and O–H groups in total. The Balaban J connectivity index is 2.03. The second-order valence-corrected chi connectivity index (χ2v) is 6.84. The smallest absolute Gasteiger partial charge is 0.308 e. The van der Waals surface area contributed by atoms with Gasteiger partial charge in [0.05, 0.1) is 20.1 Å². The van der Waals surface area contributed by atoms with Crippen LogP contribution in [0.5, 0.6) is 23.0 Å². The zero-order valence-electron chi connectivity index (χ0n) is 17.1. The van der Waals surface area contributed by atoms with E-state index in [2.05, 4.69) is 0 Å². The molecule has 0 fully saturated rings. The Morgan fingerprint density at radius 3 is 2.31 bits per heavy atom. The van der Waals surface area contributed by atoms with Gasteiger partial charge in [-0.05, 0) is 36.2 Å². The monoisotopic (exact) mass is 400 g/mol. The fourth-order valence-corrected chi connectivity index (χ4v) is 3.48. The minimum atomic E-state index is -0.437. The fourth-order valence-electron chi connectivity index (χ4n) is 3.48. The summed E-state index contributed by atoms with van der Waals surface area (Å²) >= 11 is 0. The van der Waals surface area contributed by atoms with Crippen LogP contribution >= 0.6 is 0 Å². The second-order valence-electron chi connectivity index (χ2n) is 6.84. The zero-order chi connectivity index (χ0) is 21.1. The summed E-state index contributed by atoms with van der Waals surface area (Å²) in [6.45, 7) is 4.83. The molecule has 0 saturated heterocycles. The van der Waals surface area contributed by atoms with E-state index in [1.165, 1.54) is 21.0 Å². The molecule has 2 aromatic carbocycles. The van der Waals surface area contributed by atoms with Crippen LogP contribution in [0.1, 0.15) is 42.6 Å². The number of aryl methyl sites for hydroxylation is 1. The van der Waals surface area contributed by atoms with Crippen molar-refractivity contribution in [1.82, 2.24) is 0 Å². The van der Waals surface area contributed by atoms with Crippen molar-refractivity contribution >= 4 is 11.9 Å². The maximum atomic E-state index is 11.4. The minimum Gasteiger partial charge on any atom is -0.493 e. The molecule has 1 aliphatic heterocycles. The number of ether oxygens (including phenoxy) is 5. The number of esters is 2. The first-order chi connectivity index (χ1) is 13.8. The second kappa shape index (κ2) is 8.43. The Labute approximate surface area is 169 Å². The molecule has 3 rings (SSSR count). The van der Waals surface area contributed by atoms with E-state index in [1.807, 2.05) is 19.1 Å². The van der Waals surface area contributed by atoms with E-state index < -0.39 is 12.1 Å². The van der Waals surface area contributed by atoms with E-state index in [9.17, 15) is 9.59 Å². The highest BCUT2D eigenvalue weighted by Gasteiger charge is 2.39. The number of fused-ring (bicyclic) bond motifs is 1. The van der Waals surface area contributed by atoms with E-state index in [0.29, 0.717) is 23.0 Å². The van der Waals surface area contributed by atoms with Gasteiger partial charge in [-0.2, -0.15) is 0 Å². The van der Waals surface area contributed by atoms with Gasteiger partial charge in [-0.1, -0.05) is 12.1 Å². The lowest BCUT2D eigenvalue weighted by molar-refractivity contribution is -0.142. The Kier molecular flexibility index (Phi) is 5.96. The van der Waals surface area contributed by atoms with E-state index in [4.69, 9.17) is 23.7 Å². The molecule has 2 unspecified atom stereocenters. The zero-order valence-corrected chi connectivity index (χ0v) is 17.1. The van der Waals surface area contributed by atoms with Gasteiger partial charge in [-0.15, -0.1) is 0 Å². The summed E-state index contributed by atoms with van der Waals surface area (Å²) in [5, 5.41) is 0. The van der Waals surface area contributed by atoms with Crippen molar-refractivity contribution < 1.29 is 33.3 Å². The molecular formula is C22H24O7. The van der Waals surface area contributed by atoms with Crippen molar-refractivity contribution in [2.75, 3.05) is 20.8 Å². The molecule has 2 atom stereocenters. The first-order valence-corrected chi connectivity index (χ1v) is 9.19. The van der Waals surface area contributed by atoms with Crippen LogP contribution in [-0.4, -0.2) is 32.8 Å². The molecule has 0 aromatic heterocycles. The topological polar surface area (TPSA) is 80.3 Å². The normalized spacial score (nSPS) is 17.1. The molecule has 1 heterocycles. The van der Waals surface area contributed by atoms with Gasteiger partial charge < -0.3 is 23.7 Å². The fraction of sp³-hybridized carbons (Fsp3) is 0.364. The number of hydrogen-bond donors (Lipinski definition) is 0. The van der Waals surface area contributed by atoms with Crippen LogP contribution < -0.4 is 18.9 Å². The Hall–Kier alpha value is -3.22. The van der Waals surface area contributed by atoms with Crippen molar-refractivity contribution in [3.63, 3.8) is 0 Å². The lowest BCUT2D eigenvalue weighted by Gasteiger charge is -2.20. The largest absolute Gasteiger partial charge is 0.493 e. The van der Waals surface area contributed by atoms with Gasteiger partial charge in [-0.3, -0.25) is 9.59 Å². The van der Waals surface area contributed by atoms with Crippen LogP contribution in [0.4, 0.5) is 0 Å². The molecule has 7 nitrogen and oxygen atoms in total. The molecule has 1 aliphatic rings. The summed E-state index contributed by atoms with van der Waals surface area (Å²) in [7, 11) is 3.09. The van der Waals surface area contributed by atoms with Crippen molar-refractivity contribution in [2.45, 2.75) is 32.8 Å². The van der Waals surface area contributed by atoms with Gasteiger partial charge in [0.2, 0.25) is 0 Å². The van der Waals surface area contributed by atoms with Crippen LogP contribution in [0.3, 0.4) is 0 Å². The predicted molar refractivity (Wildman–Crippen MR) is 105 cm³/mol. The molecule has 29 heavy (non-hydrogen) atoms. The summed E-state index contributed by atoms with van der Waals surface area (Å²) in [6, 6.07) is 9.13. The molecular weight excluding hydrogens is 376 g/mol. The summed E-state index contributed by atoms with van der Waals surface area (Å²) in [5.74, 6) is 0.957. The van der Waals surface area contributed by atoms with Gasteiger partial charge in [0.15, 0.2) is 23.0 Å². The van der Waals surface area contributed by atoms with Gasteiger partial charge in [0.25, 0.3) is 0 Å². The standard InChI is InChI=1S/C22H24O7/c1-12-8-16-17(11-27-13(2)23)21(29-22(16)20(9-12)26-5)15-6-7-18(28-14(3)24)19(10-15)25-4/h6-10,17,21H,11H2,1-5H3. The van der Waals surface area contributed by atoms with E-state index in [0.717, 1.165) is 16.7 Å². The minimum absolute atomic E-state index is 0.160. The van der Waals surface area contributed by atoms with E-state index >= 15 is 0 Å². The highest BCUT2D eigenvalue weighted by Crippen LogP contribution is 2.51. The Bertz CT molecular complexity index is 935. The van der Waals surface area contributed by atoms with Crippen LogP contribution in [-0.2, 0) is 14.3 Å². The van der Waals surface area contributed by atoms with Gasteiger partial charge >= 0.3 is 11.9 Å². The van der Waals surface area contributed by atoms with Crippen LogP contribution in [0.25, 0.3) is 0 Å². The Morgan fingerprint density at radius 1 is 0.966 bits per heavy atom. The SMILES string of the molecule is COc1cc(C2Oc3c(OC)cc(C)cc3C2COC(C)=O)ccc1OC(C)=O. The molecule has 7 heteroatoms. The lowest BCUT2D eigenvalue weighted by atomic mass is 9.90. The van der Waals surface area contributed by atoms with Gasteiger partial charge in [0, 0.05) is 19.4 Å². The summed E-state index contributed by atoms with van der Waals surface area (Å²) < 4.78 is 27.6. The average Bonchev–Trinajstić information content (AvgIpc) is 3.03. The molecule has 0 saturated carbocycles. The summed E-state index contributed by atoms with van der Waals surface area (Å²) in [4.78, 5) is 22.7. The molecule has 0 amide bonds. The molecule has 154 valence electrons.